The average molecular weight is 403 g/mol. The maximum Gasteiger partial charge on any atom is 0.248 e. The first-order valence-corrected chi connectivity index (χ1v) is 9.39. The predicted octanol–water partition coefficient (Wildman–Crippen LogP) is 1.93. The van der Waals surface area contributed by atoms with Crippen molar-refractivity contribution in [2.24, 2.45) is 5.73 Å². The van der Waals surface area contributed by atoms with Crippen LogP contribution in [0.25, 0.3) is 6.08 Å². The quantitative estimate of drug-likeness (QED) is 0.773. The summed E-state index contributed by atoms with van der Waals surface area (Å²) in [6.45, 7) is 5.27. The molecule has 2 aromatic rings. The molecule has 1 saturated heterocycles. The van der Waals surface area contributed by atoms with Gasteiger partial charge in [0.25, 0.3) is 0 Å². The number of primary amides is 1. The fourth-order valence-corrected chi connectivity index (χ4v) is 3.31. The van der Waals surface area contributed by atoms with E-state index in [0.29, 0.717) is 23.8 Å². The predicted molar refractivity (Wildman–Crippen MR) is 107 cm³/mol. The number of nitrogens with two attached hydrogens (primary N) is 1. The minimum Gasteiger partial charge on any atom is -0.367 e. The van der Waals surface area contributed by atoms with Gasteiger partial charge in [0.05, 0.1) is 25.4 Å². The van der Waals surface area contributed by atoms with Gasteiger partial charge in [0.1, 0.15) is 5.15 Å². The van der Waals surface area contributed by atoms with Crippen LogP contribution < -0.4 is 5.73 Å². The van der Waals surface area contributed by atoms with E-state index < -0.39 is 12.0 Å². The van der Waals surface area contributed by atoms with Gasteiger partial charge in [-0.2, -0.15) is 5.10 Å². The molecule has 148 valence electrons. The van der Waals surface area contributed by atoms with E-state index in [9.17, 15) is 9.59 Å². The highest BCUT2D eigenvalue weighted by Crippen LogP contribution is 2.22. The number of aromatic nitrogens is 2. The highest BCUT2D eigenvalue weighted by Gasteiger charge is 2.26. The maximum absolute atomic E-state index is 12.5. The molecule has 0 bridgehead atoms. The van der Waals surface area contributed by atoms with Crippen molar-refractivity contribution < 1.29 is 14.3 Å². The molecule has 0 spiro atoms. The van der Waals surface area contributed by atoms with Gasteiger partial charge in [0.2, 0.25) is 11.8 Å². The second-order valence-corrected chi connectivity index (χ2v) is 7.17. The standard InChI is InChI=1S/C20H23ClN4O3/c1-13-3-5-15(6-4-13)11-25-19(21)16(14(2)23-25)7-8-18(26)24-9-10-28-17(12-24)20(22)27/h3-8,17H,9-12H2,1-2H3,(H2,22,27). The third-order valence-corrected chi connectivity index (χ3v) is 5.05. The first kappa shape index (κ1) is 20.1. The SMILES string of the molecule is Cc1ccc(Cn2nc(C)c(C=CC(=O)N3CCOC(C(N)=O)C3)c2Cl)cc1. The Labute approximate surface area is 168 Å². The van der Waals surface area contributed by atoms with Gasteiger partial charge in [0.15, 0.2) is 6.10 Å². The van der Waals surface area contributed by atoms with Crippen molar-refractivity contribution in [3.63, 3.8) is 0 Å². The molecule has 1 aliphatic heterocycles. The molecule has 1 aromatic carbocycles. The molecule has 2 amide bonds. The normalized spacial score (nSPS) is 17.2. The largest absolute Gasteiger partial charge is 0.367 e. The monoisotopic (exact) mass is 402 g/mol. The van der Waals surface area contributed by atoms with Crippen LogP contribution in [0.5, 0.6) is 0 Å². The molecule has 1 aromatic heterocycles. The van der Waals surface area contributed by atoms with E-state index in [0.717, 1.165) is 11.3 Å². The molecule has 0 saturated carbocycles. The van der Waals surface area contributed by atoms with Crippen LogP contribution in [0, 0.1) is 13.8 Å². The summed E-state index contributed by atoms with van der Waals surface area (Å²) in [4.78, 5) is 25.3. The van der Waals surface area contributed by atoms with Crippen molar-refractivity contribution in [2.45, 2.75) is 26.5 Å². The number of hydrogen-bond donors (Lipinski definition) is 1. The number of carbonyl (C=O) groups excluding carboxylic acids is 2. The Hall–Kier alpha value is -2.64. The highest BCUT2D eigenvalue weighted by atomic mass is 35.5. The lowest BCUT2D eigenvalue weighted by Gasteiger charge is -2.30. The number of ether oxygens (including phenoxy) is 1. The number of rotatable bonds is 5. The Morgan fingerprint density at radius 2 is 2.04 bits per heavy atom. The number of hydrogen-bond acceptors (Lipinski definition) is 4. The van der Waals surface area contributed by atoms with E-state index in [2.05, 4.69) is 5.10 Å². The molecule has 7 nitrogen and oxygen atoms in total. The number of amides is 2. The Bertz CT molecular complexity index is 905. The minimum atomic E-state index is -0.770. The lowest BCUT2D eigenvalue weighted by Crippen LogP contribution is -2.50. The van der Waals surface area contributed by atoms with Crippen molar-refractivity contribution >= 4 is 29.5 Å². The zero-order valence-corrected chi connectivity index (χ0v) is 16.6. The molecular formula is C20H23ClN4O3. The van der Waals surface area contributed by atoms with E-state index in [4.69, 9.17) is 22.1 Å². The van der Waals surface area contributed by atoms with Gasteiger partial charge in [-0.15, -0.1) is 0 Å². The number of aryl methyl sites for hydroxylation is 2. The van der Waals surface area contributed by atoms with Crippen molar-refractivity contribution in [3.8, 4) is 0 Å². The van der Waals surface area contributed by atoms with Crippen molar-refractivity contribution in [3.05, 3.63) is 57.9 Å². The van der Waals surface area contributed by atoms with E-state index >= 15 is 0 Å². The Balaban J connectivity index is 1.71. The highest BCUT2D eigenvalue weighted by molar-refractivity contribution is 6.31. The summed E-state index contributed by atoms with van der Waals surface area (Å²) in [5.41, 5.74) is 8.97. The molecule has 0 radical (unpaired) electrons. The van der Waals surface area contributed by atoms with Crippen molar-refractivity contribution in [1.29, 1.82) is 0 Å². The van der Waals surface area contributed by atoms with Crippen LogP contribution >= 0.6 is 11.6 Å². The fourth-order valence-electron chi connectivity index (χ4n) is 3.01. The summed E-state index contributed by atoms with van der Waals surface area (Å²) >= 11 is 6.49. The van der Waals surface area contributed by atoms with Gasteiger partial charge in [-0.25, -0.2) is 4.68 Å². The summed E-state index contributed by atoms with van der Waals surface area (Å²) in [6, 6.07) is 8.16. The van der Waals surface area contributed by atoms with Crippen LogP contribution in [0.3, 0.4) is 0 Å². The molecule has 1 atom stereocenters. The molecule has 8 heteroatoms. The third kappa shape index (κ3) is 4.61. The second-order valence-electron chi connectivity index (χ2n) is 6.81. The summed E-state index contributed by atoms with van der Waals surface area (Å²) in [5, 5.41) is 4.95. The van der Waals surface area contributed by atoms with Gasteiger partial charge >= 0.3 is 0 Å². The van der Waals surface area contributed by atoms with Crippen LogP contribution in [-0.2, 0) is 20.9 Å². The van der Waals surface area contributed by atoms with Crippen molar-refractivity contribution in [1.82, 2.24) is 14.7 Å². The summed E-state index contributed by atoms with van der Waals surface area (Å²) in [7, 11) is 0. The average Bonchev–Trinajstić information content (AvgIpc) is 2.94. The van der Waals surface area contributed by atoms with Crippen LogP contribution in [-0.4, -0.2) is 52.3 Å². The Kier molecular flexibility index (Phi) is 6.16. The van der Waals surface area contributed by atoms with Gasteiger partial charge in [0, 0.05) is 18.2 Å². The first-order valence-electron chi connectivity index (χ1n) is 9.01. The zero-order valence-electron chi connectivity index (χ0n) is 15.9. The molecule has 1 fully saturated rings. The topological polar surface area (TPSA) is 90.4 Å². The summed E-state index contributed by atoms with van der Waals surface area (Å²) in [6.07, 6.45) is 2.33. The molecule has 1 unspecified atom stereocenters. The van der Waals surface area contributed by atoms with Crippen LogP contribution in [0.4, 0.5) is 0 Å². The fraction of sp³-hybridized carbons (Fsp3) is 0.350. The second kappa shape index (κ2) is 8.58. The molecule has 1 aliphatic rings. The lowest BCUT2D eigenvalue weighted by molar-refractivity contribution is -0.142. The minimum absolute atomic E-state index is 0.151. The summed E-state index contributed by atoms with van der Waals surface area (Å²) < 4.78 is 6.97. The van der Waals surface area contributed by atoms with Crippen molar-refractivity contribution in [2.75, 3.05) is 19.7 Å². The van der Waals surface area contributed by atoms with Crippen LogP contribution in [0.2, 0.25) is 5.15 Å². The van der Waals surface area contributed by atoms with Gasteiger partial charge < -0.3 is 15.4 Å². The Morgan fingerprint density at radius 3 is 2.71 bits per heavy atom. The smallest absolute Gasteiger partial charge is 0.248 e. The summed E-state index contributed by atoms with van der Waals surface area (Å²) in [5.74, 6) is -0.797. The lowest BCUT2D eigenvalue weighted by atomic mass is 10.1. The molecule has 2 N–H and O–H groups in total. The molecule has 0 aliphatic carbocycles. The van der Waals surface area contributed by atoms with E-state index in [1.54, 1.807) is 10.8 Å². The molecular weight excluding hydrogens is 380 g/mol. The number of morpholine rings is 1. The molecule has 2 heterocycles. The molecule has 3 rings (SSSR count). The Morgan fingerprint density at radius 1 is 1.32 bits per heavy atom. The number of benzene rings is 1. The van der Waals surface area contributed by atoms with Gasteiger partial charge in [-0.3, -0.25) is 9.59 Å². The van der Waals surface area contributed by atoms with E-state index in [1.807, 2.05) is 38.1 Å². The van der Waals surface area contributed by atoms with E-state index in [-0.39, 0.29) is 19.1 Å². The number of nitrogens with zero attached hydrogens (tertiary/aromatic N) is 3. The maximum atomic E-state index is 12.5. The van der Waals surface area contributed by atoms with Gasteiger partial charge in [-0.1, -0.05) is 41.4 Å². The first-order chi connectivity index (χ1) is 13.3. The van der Waals surface area contributed by atoms with E-state index in [1.165, 1.54) is 16.5 Å². The number of halogens is 1. The molecule has 28 heavy (non-hydrogen) atoms. The van der Waals surface area contributed by atoms with Gasteiger partial charge in [-0.05, 0) is 25.5 Å². The third-order valence-electron chi connectivity index (χ3n) is 4.65. The van der Waals surface area contributed by atoms with Crippen LogP contribution in [0.15, 0.2) is 30.3 Å². The number of carbonyl (C=O) groups is 2. The zero-order chi connectivity index (χ0) is 20.3. The van der Waals surface area contributed by atoms with Crippen LogP contribution in [0.1, 0.15) is 22.4 Å².